The SMILES string of the molecule is CN(C)C(=O)c1cn[nH]c1-c1ccc(S(=O)(=O)Nc2ccc(OC(F)(F)F)cc2)o1. The number of rotatable bonds is 6. The van der Waals surface area contributed by atoms with Gasteiger partial charge in [0.2, 0.25) is 5.09 Å². The number of nitrogens with zero attached hydrogens (tertiary/aromatic N) is 2. The molecule has 0 radical (unpaired) electrons. The fourth-order valence-corrected chi connectivity index (χ4v) is 3.40. The summed E-state index contributed by atoms with van der Waals surface area (Å²) >= 11 is 0. The number of nitrogens with one attached hydrogen (secondary N) is 2. The van der Waals surface area contributed by atoms with Gasteiger partial charge in [0.05, 0.1) is 11.8 Å². The van der Waals surface area contributed by atoms with Gasteiger partial charge in [-0.25, -0.2) is 0 Å². The Morgan fingerprint density at radius 1 is 1.17 bits per heavy atom. The van der Waals surface area contributed by atoms with Gasteiger partial charge in [0, 0.05) is 19.8 Å². The van der Waals surface area contributed by atoms with Gasteiger partial charge < -0.3 is 14.1 Å². The number of aromatic nitrogens is 2. The number of furan rings is 1. The molecule has 0 saturated heterocycles. The summed E-state index contributed by atoms with van der Waals surface area (Å²) in [5.74, 6) is -0.797. The summed E-state index contributed by atoms with van der Waals surface area (Å²) < 4.78 is 72.9. The average Bonchev–Trinajstić information content (AvgIpc) is 3.30. The zero-order chi connectivity index (χ0) is 22.1. The van der Waals surface area contributed by atoms with E-state index >= 15 is 0 Å². The van der Waals surface area contributed by atoms with Crippen LogP contribution < -0.4 is 9.46 Å². The van der Waals surface area contributed by atoms with Crippen LogP contribution in [-0.4, -0.2) is 49.9 Å². The molecule has 3 rings (SSSR count). The minimum atomic E-state index is -4.86. The number of carbonyl (C=O) groups excluding carboxylic acids is 1. The molecule has 0 aliphatic carbocycles. The summed E-state index contributed by atoms with van der Waals surface area (Å²) in [4.78, 5) is 13.5. The number of halogens is 3. The van der Waals surface area contributed by atoms with Gasteiger partial charge in [-0.1, -0.05) is 0 Å². The molecule has 0 aliphatic rings. The summed E-state index contributed by atoms with van der Waals surface area (Å²) in [6.07, 6.45) is -3.57. The molecule has 3 aromatic rings. The van der Waals surface area contributed by atoms with Crippen LogP contribution in [0.5, 0.6) is 5.75 Å². The highest BCUT2D eigenvalue weighted by Gasteiger charge is 2.31. The maximum absolute atomic E-state index is 12.5. The smallest absolute Gasteiger partial charge is 0.441 e. The van der Waals surface area contributed by atoms with Crippen LogP contribution in [-0.2, 0) is 10.0 Å². The molecule has 30 heavy (non-hydrogen) atoms. The van der Waals surface area contributed by atoms with E-state index in [1.807, 2.05) is 0 Å². The second-order valence-electron chi connectivity index (χ2n) is 6.15. The van der Waals surface area contributed by atoms with Crippen molar-refractivity contribution in [2.24, 2.45) is 0 Å². The van der Waals surface area contributed by atoms with Gasteiger partial charge in [0.1, 0.15) is 11.4 Å². The van der Waals surface area contributed by atoms with Gasteiger partial charge in [-0.05, 0) is 36.4 Å². The molecular formula is C17H15F3N4O5S. The van der Waals surface area contributed by atoms with Crippen molar-refractivity contribution in [3.8, 4) is 17.2 Å². The molecule has 0 unspecified atom stereocenters. The highest BCUT2D eigenvalue weighted by Crippen LogP contribution is 2.28. The Morgan fingerprint density at radius 3 is 2.43 bits per heavy atom. The molecule has 2 heterocycles. The van der Waals surface area contributed by atoms with Crippen molar-refractivity contribution in [1.82, 2.24) is 15.1 Å². The number of aromatic amines is 1. The van der Waals surface area contributed by atoms with Gasteiger partial charge in [-0.2, -0.15) is 13.5 Å². The molecule has 9 nitrogen and oxygen atoms in total. The Balaban J connectivity index is 1.80. The molecule has 0 bridgehead atoms. The molecule has 0 spiro atoms. The van der Waals surface area contributed by atoms with E-state index < -0.39 is 27.2 Å². The van der Waals surface area contributed by atoms with Crippen molar-refractivity contribution in [2.75, 3.05) is 18.8 Å². The van der Waals surface area contributed by atoms with E-state index in [-0.39, 0.29) is 28.6 Å². The number of alkyl halides is 3. The first kappa shape index (κ1) is 21.2. The van der Waals surface area contributed by atoms with E-state index in [1.165, 1.54) is 23.2 Å². The number of amides is 1. The van der Waals surface area contributed by atoms with Crippen molar-refractivity contribution in [3.63, 3.8) is 0 Å². The molecule has 0 saturated carbocycles. The molecule has 160 valence electrons. The molecule has 0 aliphatic heterocycles. The highest BCUT2D eigenvalue weighted by molar-refractivity contribution is 7.92. The Morgan fingerprint density at radius 2 is 1.83 bits per heavy atom. The number of benzene rings is 1. The number of H-pyrrole nitrogens is 1. The molecular weight excluding hydrogens is 429 g/mol. The number of anilines is 1. The lowest BCUT2D eigenvalue weighted by atomic mass is 10.2. The number of carbonyl (C=O) groups is 1. The Kier molecular flexibility index (Phi) is 5.48. The van der Waals surface area contributed by atoms with Crippen molar-refractivity contribution < 1.29 is 35.5 Å². The number of hydrogen-bond donors (Lipinski definition) is 2. The second kappa shape index (κ2) is 7.74. The topological polar surface area (TPSA) is 118 Å². The van der Waals surface area contributed by atoms with Gasteiger partial charge >= 0.3 is 6.36 Å². The third-order valence-corrected chi connectivity index (χ3v) is 4.96. The maximum atomic E-state index is 12.5. The van der Waals surface area contributed by atoms with E-state index in [4.69, 9.17) is 4.42 Å². The fraction of sp³-hybridized carbons (Fsp3) is 0.176. The Bertz CT molecular complexity index is 1150. The van der Waals surface area contributed by atoms with Crippen molar-refractivity contribution in [2.45, 2.75) is 11.5 Å². The van der Waals surface area contributed by atoms with Crippen LogP contribution in [0.4, 0.5) is 18.9 Å². The fourth-order valence-electron chi connectivity index (χ4n) is 2.41. The first-order valence-corrected chi connectivity index (χ1v) is 9.68. The van der Waals surface area contributed by atoms with E-state index in [0.717, 1.165) is 24.3 Å². The van der Waals surface area contributed by atoms with Crippen molar-refractivity contribution >= 4 is 21.6 Å². The van der Waals surface area contributed by atoms with Crippen LogP contribution in [0.25, 0.3) is 11.5 Å². The summed E-state index contributed by atoms with van der Waals surface area (Å²) in [7, 11) is -1.09. The lowest BCUT2D eigenvalue weighted by molar-refractivity contribution is -0.274. The van der Waals surface area contributed by atoms with Crippen molar-refractivity contribution in [3.05, 3.63) is 48.2 Å². The lowest BCUT2D eigenvalue weighted by Gasteiger charge is -2.10. The molecule has 1 amide bonds. The number of ether oxygens (including phenoxy) is 1. The van der Waals surface area contributed by atoms with Crippen LogP contribution in [0, 0.1) is 0 Å². The monoisotopic (exact) mass is 444 g/mol. The molecule has 0 fully saturated rings. The van der Waals surface area contributed by atoms with Crippen LogP contribution in [0.15, 0.2) is 52.1 Å². The largest absolute Gasteiger partial charge is 0.573 e. The van der Waals surface area contributed by atoms with Crippen LogP contribution in [0.2, 0.25) is 0 Å². The van der Waals surface area contributed by atoms with Gasteiger partial charge in [0.15, 0.2) is 5.76 Å². The third-order valence-electron chi connectivity index (χ3n) is 3.71. The average molecular weight is 444 g/mol. The summed E-state index contributed by atoms with van der Waals surface area (Å²) in [6.45, 7) is 0. The zero-order valence-electron chi connectivity index (χ0n) is 15.5. The molecule has 2 aromatic heterocycles. The van der Waals surface area contributed by atoms with Crippen molar-refractivity contribution in [1.29, 1.82) is 0 Å². The number of hydrogen-bond acceptors (Lipinski definition) is 6. The Hall–Kier alpha value is -3.48. The first-order chi connectivity index (χ1) is 14.0. The minimum absolute atomic E-state index is 0.00695. The summed E-state index contributed by atoms with van der Waals surface area (Å²) in [5, 5.41) is 5.90. The standard InChI is InChI=1S/C17H15F3N4O5S/c1-24(2)16(25)12-9-21-22-15(12)13-7-8-14(28-13)30(26,27)23-10-3-5-11(6-4-10)29-17(18,19)20/h3-9,23H,1-2H3,(H,21,22). The molecule has 1 aromatic carbocycles. The summed E-state index contributed by atoms with van der Waals surface area (Å²) in [5.41, 5.74) is 0.378. The quantitative estimate of drug-likeness (QED) is 0.604. The minimum Gasteiger partial charge on any atom is -0.441 e. The molecule has 13 heteroatoms. The highest BCUT2D eigenvalue weighted by atomic mass is 32.2. The van der Waals surface area contributed by atoms with E-state index in [1.54, 1.807) is 14.1 Å². The second-order valence-corrected chi connectivity index (χ2v) is 7.77. The third kappa shape index (κ3) is 4.74. The predicted octanol–water partition coefficient (Wildman–Crippen LogP) is 3.07. The molecule has 0 atom stereocenters. The van der Waals surface area contributed by atoms with Gasteiger partial charge in [-0.15, -0.1) is 13.2 Å². The summed E-state index contributed by atoms with van der Waals surface area (Å²) in [6, 6.07) is 6.64. The normalized spacial score (nSPS) is 11.9. The Labute approximate surface area is 168 Å². The molecule has 2 N–H and O–H groups in total. The van der Waals surface area contributed by atoms with Gasteiger partial charge in [0.25, 0.3) is 15.9 Å². The zero-order valence-corrected chi connectivity index (χ0v) is 16.3. The number of sulfonamides is 1. The van der Waals surface area contributed by atoms with Gasteiger partial charge in [-0.3, -0.25) is 14.6 Å². The van der Waals surface area contributed by atoms with Crippen LogP contribution in [0.3, 0.4) is 0 Å². The van der Waals surface area contributed by atoms with Crippen LogP contribution >= 0.6 is 0 Å². The van der Waals surface area contributed by atoms with E-state index in [9.17, 15) is 26.4 Å². The van der Waals surface area contributed by atoms with E-state index in [0.29, 0.717) is 0 Å². The van der Waals surface area contributed by atoms with E-state index in [2.05, 4.69) is 19.7 Å². The predicted molar refractivity (Wildman–Crippen MR) is 98.2 cm³/mol. The first-order valence-electron chi connectivity index (χ1n) is 8.20. The van der Waals surface area contributed by atoms with Crippen LogP contribution in [0.1, 0.15) is 10.4 Å². The lowest BCUT2D eigenvalue weighted by Crippen LogP contribution is -2.21. The maximum Gasteiger partial charge on any atom is 0.573 e.